The maximum Gasteiger partial charge on any atom is 0.103 e. The van der Waals surface area contributed by atoms with Gasteiger partial charge in [0.05, 0.1) is 16.3 Å². The molecule has 1 aliphatic rings. The Kier molecular flexibility index (Phi) is 4.11. The van der Waals surface area contributed by atoms with Crippen LogP contribution >= 0.6 is 11.6 Å². The van der Waals surface area contributed by atoms with Crippen molar-refractivity contribution in [3.8, 4) is 6.07 Å². The third-order valence-electron chi connectivity index (χ3n) is 3.65. The Bertz CT molecular complexity index is 465. The molecule has 2 rings (SSSR count). The molecule has 1 aromatic carbocycles. The monoisotopic (exact) mass is 263 g/mol. The van der Waals surface area contributed by atoms with Gasteiger partial charge in [-0.15, -0.1) is 0 Å². The van der Waals surface area contributed by atoms with E-state index in [0.717, 1.165) is 31.6 Å². The van der Waals surface area contributed by atoms with Gasteiger partial charge >= 0.3 is 0 Å². The molecular formula is C14H18ClN3. The number of hydrogen-bond acceptors (Lipinski definition) is 3. The molecule has 3 nitrogen and oxygen atoms in total. The summed E-state index contributed by atoms with van der Waals surface area (Å²) in [5, 5.41) is 9.75. The Morgan fingerprint density at radius 1 is 1.56 bits per heavy atom. The minimum absolute atomic E-state index is 0.192. The first-order valence-corrected chi connectivity index (χ1v) is 6.70. The van der Waals surface area contributed by atoms with E-state index in [9.17, 15) is 5.26 Å². The lowest BCUT2D eigenvalue weighted by Crippen LogP contribution is -2.42. The fraction of sp³-hybridized carbons (Fsp3) is 0.500. The maximum absolute atomic E-state index is 9.22. The first kappa shape index (κ1) is 13.2. The molecular weight excluding hydrogens is 246 g/mol. The quantitative estimate of drug-likeness (QED) is 0.893. The molecule has 18 heavy (non-hydrogen) atoms. The molecule has 0 aliphatic carbocycles. The van der Waals surface area contributed by atoms with Crippen LogP contribution in [0.2, 0.25) is 5.02 Å². The highest BCUT2D eigenvalue weighted by Gasteiger charge is 2.24. The van der Waals surface area contributed by atoms with Gasteiger partial charge in [0.15, 0.2) is 0 Å². The predicted octanol–water partition coefficient (Wildman–Crippen LogP) is 2.78. The minimum Gasteiger partial charge on any atom is -0.370 e. The zero-order chi connectivity index (χ0) is 13.1. The van der Waals surface area contributed by atoms with Crippen LogP contribution in [0.15, 0.2) is 18.2 Å². The van der Waals surface area contributed by atoms with Crippen molar-refractivity contribution in [2.24, 2.45) is 11.7 Å². The SMILES string of the molecule is CC(N)C1CCCN(c2cccc(Cl)c2C#N)C1. The second-order valence-corrected chi connectivity index (χ2v) is 5.36. The molecule has 1 fully saturated rings. The number of hydrogen-bond donors (Lipinski definition) is 1. The summed E-state index contributed by atoms with van der Waals surface area (Å²) < 4.78 is 0. The van der Waals surface area contributed by atoms with E-state index in [1.54, 1.807) is 6.07 Å². The van der Waals surface area contributed by atoms with E-state index in [1.165, 1.54) is 0 Å². The van der Waals surface area contributed by atoms with Gasteiger partial charge in [0.2, 0.25) is 0 Å². The number of halogens is 1. The third-order valence-corrected chi connectivity index (χ3v) is 3.96. The van der Waals surface area contributed by atoms with E-state index in [4.69, 9.17) is 17.3 Å². The second kappa shape index (κ2) is 5.60. The maximum atomic E-state index is 9.22. The van der Waals surface area contributed by atoms with Crippen LogP contribution in [-0.2, 0) is 0 Å². The molecule has 1 saturated heterocycles. The molecule has 1 aliphatic heterocycles. The molecule has 2 N–H and O–H groups in total. The number of anilines is 1. The first-order chi connectivity index (χ1) is 8.63. The van der Waals surface area contributed by atoms with E-state index in [1.807, 2.05) is 12.1 Å². The lowest BCUT2D eigenvalue weighted by Gasteiger charge is -2.36. The topological polar surface area (TPSA) is 53.0 Å². The number of rotatable bonds is 2. The molecule has 1 aromatic rings. The molecule has 2 atom stereocenters. The van der Waals surface area contributed by atoms with Crippen LogP contribution in [-0.4, -0.2) is 19.1 Å². The Labute approximate surface area is 113 Å². The molecule has 96 valence electrons. The summed E-state index contributed by atoms with van der Waals surface area (Å²) in [6.07, 6.45) is 2.28. The third kappa shape index (κ3) is 2.60. The molecule has 4 heteroatoms. The van der Waals surface area contributed by atoms with Crippen molar-refractivity contribution in [1.82, 2.24) is 0 Å². The van der Waals surface area contributed by atoms with Crippen molar-refractivity contribution in [2.45, 2.75) is 25.8 Å². The molecule has 0 spiro atoms. The van der Waals surface area contributed by atoms with Gasteiger partial charge in [-0.25, -0.2) is 0 Å². The summed E-state index contributed by atoms with van der Waals surface area (Å²) in [6, 6.07) is 8.02. The average Bonchev–Trinajstić information content (AvgIpc) is 2.38. The van der Waals surface area contributed by atoms with Gasteiger partial charge in [0.25, 0.3) is 0 Å². The summed E-state index contributed by atoms with van der Waals surface area (Å²) in [5.41, 5.74) is 7.50. The zero-order valence-electron chi connectivity index (χ0n) is 10.6. The Balaban J connectivity index is 2.27. The molecule has 1 heterocycles. The highest BCUT2D eigenvalue weighted by atomic mass is 35.5. The summed E-state index contributed by atoms with van der Waals surface area (Å²) >= 11 is 6.07. The van der Waals surface area contributed by atoms with Gasteiger partial charge in [0, 0.05) is 19.1 Å². The van der Waals surface area contributed by atoms with Crippen LogP contribution in [0, 0.1) is 17.2 Å². The van der Waals surface area contributed by atoms with Gasteiger partial charge in [-0.1, -0.05) is 17.7 Å². The highest BCUT2D eigenvalue weighted by Crippen LogP contribution is 2.30. The van der Waals surface area contributed by atoms with E-state index < -0.39 is 0 Å². The van der Waals surface area contributed by atoms with E-state index in [-0.39, 0.29) is 6.04 Å². The second-order valence-electron chi connectivity index (χ2n) is 4.95. The summed E-state index contributed by atoms with van der Waals surface area (Å²) in [7, 11) is 0. The molecule has 0 saturated carbocycles. The average molecular weight is 264 g/mol. The molecule has 0 bridgehead atoms. The summed E-state index contributed by atoms with van der Waals surface area (Å²) in [4.78, 5) is 2.24. The first-order valence-electron chi connectivity index (χ1n) is 6.32. The van der Waals surface area contributed by atoms with Crippen molar-refractivity contribution in [2.75, 3.05) is 18.0 Å². The number of piperidine rings is 1. The van der Waals surface area contributed by atoms with Crippen LogP contribution in [0.5, 0.6) is 0 Å². The van der Waals surface area contributed by atoms with Gasteiger partial charge in [-0.05, 0) is 37.8 Å². The minimum atomic E-state index is 0.192. The highest BCUT2D eigenvalue weighted by molar-refractivity contribution is 6.32. The zero-order valence-corrected chi connectivity index (χ0v) is 11.3. The van der Waals surface area contributed by atoms with Gasteiger partial charge in [-0.3, -0.25) is 0 Å². The molecule has 0 radical (unpaired) electrons. The van der Waals surface area contributed by atoms with Crippen molar-refractivity contribution in [1.29, 1.82) is 5.26 Å². The number of benzene rings is 1. The lowest BCUT2D eigenvalue weighted by molar-refractivity contribution is 0.364. The van der Waals surface area contributed by atoms with Gasteiger partial charge in [-0.2, -0.15) is 5.26 Å². The number of nitrogens with two attached hydrogens (primary N) is 1. The Morgan fingerprint density at radius 3 is 3.00 bits per heavy atom. The summed E-state index contributed by atoms with van der Waals surface area (Å²) in [5.74, 6) is 0.490. The van der Waals surface area contributed by atoms with Crippen LogP contribution in [0.3, 0.4) is 0 Å². The smallest absolute Gasteiger partial charge is 0.103 e. The van der Waals surface area contributed by atoms with Crippen molar-refractivity contribution >= 4 is 17.3 Å². The van der Waals surface area contributed by atoms with Crippen molar-refractivity contribution < 1.29 is 0 Å². The molecule has 0 amide bonds. The Morgan fingerprint density at radius 2 is 2.33 bits per heavy atom. The summed E-state index contributed by atoms with van der Waals surface area (Å²) in [6.45, 7) is 3.93. The van der Waals surface area contributed by atoms with Crippen LogP contribution in [0.4, 0.5) is 5.69 Å². The number of nitriles is 1. The van der Waals surface area contributed by atoms with Crippen LogP contribution in [0.1, 0.15) is 25.3 Å². The molecule has 0 aromatic heterocycles. The lowest BCUT2D eigenvalue weighted by atomic mass is 9.91. The van der Waals surface area contributed by atoms with Gasteiger partial charge < -0.3 is 10.6 Å². The van der Waals surface area contributed by atoms with Crippen molar-refractivity contribution in [3.63, 3.8) is 0 Å². The number of nitrogens with zero attached hydrogens (tertiary/aromatic N) is 2. The van der Waals surface area contributed by atoms with E-state index >= 15 is 0 Å². The fourth-order valence-corrected chi connectivity index (χ4v) is 2.76. The largest absolute Gasteiger partial charge is 0.370 e. The predicted molar refractivity (Wildman–Crippen MR) is 74.8 cm³/mol. The van der Waals surface area contributed by atoms with E-state index in [0.29, 0.717) is 16.5 Å². The van der Waals surface area contributed by atoms with Crippen LogP contribution < -0.4 is 10.6 Å². The van der Waals surface area contributed by atoms with Crippen LogP contribution in [0.25, 0.3) is 0 Å². The van der Waals surface area contributed by atoms with E-state index in [2.05, 4.69) is 17.9 Å². The molecule has 2 unspecified atom stereocenters. The van der Waals surface area contributed by atoms with Gasteiger partial charge in [0.1, 0.15) is 6.07 Å². The fourth-order valence-electron chi connectivity index (χ4n) is 2.54. The normalized spacial score (nSPS) is 21.4. The standard InChI is InChI=1S/C14H18ClN3/c1-10(17)11-4-3-7-18(9-11)14-6-2-5-13(15)12(14)8-16/h2,5-6,10-11H,3-4,7,9,17H2,1H3. The van der Waals surface area contributed by atoms with Crippen molar-refractivity contribution in [3.05, 3.63) is 28.8 Å². The Hall–Kier alpha value is -1.24.